The van der Waals surface area contributed by atoms with Gasteiger partial charge in [-0.15, -0.1) is 0 Å². The van der Waals surface area contributed by atoms with Gasteiger partial charge in [0.05, 0.1) is 11.5 Å². The van der Waals surface area contributed by atoms with Gasteiger partial charge >= 0.3 is 11.7 Å². The second kappa shape index (κ2) is 7.39. The van der Waals surface area contributed by atoms with Crippen molar-refractivity contribution in [2.75, 3.05) is 31.2 Å². The monoisotopic (exact) mass is 283 g/mol. The molecule has 0 radical (unpaired) electrons. The summed E-state index contributed by atoms with van der Waals surface area (Å²) in [5.74, 6) is -1.17. The molecule has 1 aromatic heterocycles. The number of nitrogens with zero attached hydrogens (tertiary/aromatic N) is 3. The Labute approximate surface area is 116 Å². The normalized spacial score (nSPS) is 10.3. The topological polar surface area (TPSA) is 106 Å². The predicted molar refractivity (Wildman–Crippen MR) is 72.2 cm³/mol. The second-order valence-corrected chi connectivity index (χ2v) is 3.88. The van der Waals surface area contributed by atoms with Crippen molar-refractivity contribution in [3.8, 4) is 0 Å². The Morgan fingerprint density at radius 3 is 2.70 bits per heavy atom. The fraction of sp³-hybridized carbons (Fsp3) is 0.500. The molecule has 1 N–H and O–H groups in total. The van der Waals surface area contributed by atoms with E-state index >= 15 is 0 Å². The van der Waals surface area contributed by atoms with E-state index in [-0.39, 0.29) is 17.2 Å². The molecule has 0 saturated carbocycles. The molecular formula is C12H17N3O5. The lowest BCUT2D eigenvalue weighted by Gasteiger charge is -2.21. The summed E-state index contributed by atoms with van der Waals surface area (Å²) in [5, 5.41) is 19.9. The summed E-state index contributed by atoms with van der Waals surface area (Å²) < 4.78 is 5.21. The molecular weight excluding hydrogens is 266 g/mol. The van der Waals surface area contributed by atoms with Gasteiger partial charge in [-0.05, 0) is 19.9 Å². The number of ether oxygens (including phenoxy) is 1. The highest BCUT2D eigenvalue weighted by molar-refractivity contribution is 5.86. The standard InChI is InChI=1S/C12H17N3O5/c1-3-14(7-8-20-4-2)11-10(15(18)19)6-5-9(13-11)12(16)17/h5-6H,3-4,7-8H2,1-2H3,(H,16,17). The van der Waals surface area contributed by atoms with E-state index in [0.717, 1.165) is 12.1 Å². The minimum atomic E-state index is -1.22. The summed E-state index contributed by atoms with van der Waals surface area (Å²) in [7, 11) is 0. The molecule has 0 aromatic carbocycles. The smallest absolute Gasteiger partial charge is 0.354 e. The quantitative estimate of drug-likeness (QED) is 0.438. The van der Waals surface area contributed by atoms with Crippen LogP contribution in [0.3, 0.4) is 0 Å². The van der Waals surface area contributed by atoms with Crippen LogP contribution in [0.1, 0.15) is 24.3 Å². The van der Waals surface area contributed by atoms with Gasteiger partial charge in [0.25, 0.3) is 0 Å². The van der Waals surface area contributed by atoms with E-state index in [1.165, 1.54) is 0 Å². The Kier molecular flexibility index (Phi) is 5.85. The van der Waals surface area contributed by atoms with Crippen LogP contribution in [0.2, 0.25) is 0 Å². The Morgan fingerprint density at radius 2 is 2.20 bits per heavy atom. The van der Waals surface area contributed by atoms with Crippen molar-refractivity contribution in [1.82, 2.24) is 4.98 Å². The highest BCUT2D eigenvalue weighted by Crippen LogP contribution is 2.26. The third-order valence-corrected chi connectivity index (χ3v) is 2.66. The number of carbonyl (C=O) groups is 1. The number of hydrogen-bond acceptors (Lipinski definition) is 6. The zero-order valence-electron chi connectivity index (χ0n) is 11.4. The zero-order valence-corrected chi connectivity index (χ0v) is 11.4. The molecule has 0 amide bonds. The maximum atomic E-state index is 11.0. The first-order valence-corrected chi connectivity index (χ1v) is 6.22. The molecule has 110 valence electrons. The van der Waals surface area contributed by atoms with Crippen LogP contribution in [0.4, 0.5) is 11.5 Å². The molecule has 0 aliphatic heterocycles. The van der Waals surface area contributed by atoms with E-state index in [2.05, 4.69) is 4.98 Å². The van der Waals surface area contributed by atoms with Crippen LogP contribution in [0.15, 0.2) is 12.1 Å². The molecule has 1 rings (SSSR count). The molecule has 1 aromatic rings. The van der Waals surface area contributed by atoms with Crippen molar-refractivity contribution >= 4 is 17.5 Å². The van der Waals surface area contributed by atoms with Crippen molar-refractivity contribution < 1.29 is 19.6 Å². The minimum absolute atomic E-state index is 0.0529. The summed E-state index contributed by atoms with van der Waals surface area (Å²) in [6.07, 6.45) is 0. The Hall–Kier alpha value is -2.22. The molecule has 20 heavy (non-hydrogen) atoms. The molecule has 8 heteroatoms. The molecule has 0 spiro atoms. The maximum Gasteiger partial charge on any atom is 0.354 e. The SMILES string of the molecule is CCOCCN(CC)c1nc(C(=O)O)ccc1[N+](=O)[O-]. The van der Waals surface area contributed by atoms with Gasteiger partial charge in [-0.25, -0.2) is 9.78 Å². The lowest BCUT2D eigenvalue weighted by Crippen LogP contribution is -2.29. The van der Waals surface area contributed by atoms with Crippen LogP contribution in [-0.4, -0.2) is 47.3 Å². The number of carboxylic acids is 1. The fourth-order valence-corrected chi connectivity index (χ4v) is 1.67. The first kappa shape index (κ1) is 15.8. The number of rotatable bonds is 8. The summed E-state index contributed by atoms with van der Waals surface area (Å²) >= 11 is 0. The number of likely N-dealkylation sites (N-methyl/N-ethyl adjacent to an activating group) is 1. The second-order valence-electron chi connectivity index (χ2n) is 3.88. The lowest BCUT2D eigenvalue weighted by molar-refractivity contribution is -0.384. The Bertz CT molecular complexity index is 492. The van der Waals surface area contributed by atoms with Gasteiger partial charge in [-0.3, -0.25) is 10.1 Å². The van der Waals surface area contributed by atoms with Gasteiger partial charge in [-0.1, -0.05) is 0 Å². The number of hydrogen-bond donors (Lipinski definition) is 1. The van der Waals surface area contributed by atoms with Gasteiger partial charge in [0, 0.05) is 25.8 Å². The summed E-state index contributed by atoms with van der Waals surface area (Å²) in [4.78, 5) is 26.9. The van der Waals surface area contributed by atoms with Crippen LogP contribution < -0.4 is 4.90 Å². The third kappa shape index (κ3) is 3.89. The van der Waals surface area contributed by atoms with E-state index < -0.39 is 10.9 Å². The molecule has 0 bridgehead atoms. The van der Waals surface area contributed by atoms with Crippen LogP contribution >= 0.6 is 0 Å². The molecule has 0 aliphatic rings. The van der Waals surface area contributed by atoms with E-state index in [9.17, 15) is 14.9 Å². The van der Waals surface area contributed by atoms with E-state index in [1.54, 1.807) is 4.90 Å². The summed E-state index contributed by atoms with van der Waals surface area (Å²) in [6.45, 7) is 5.46. The van der Waals surface area contributed by atoms with Gasteiger partial charge in [0.2, 0.25) is 5.82 Å². The lowest BCUT2D eigenvalue weighted by atomic mass is 10.3. The van der Waals surface area contributed by atoms with Gasteiger partial charge in [0.1, 0.15) is 0 Å². The van der Waals surface area contributed by atoms with Gasteiger partial charge < -0.3 is 14.7 Å². The Balaban J connectivity index is 3.11. The summed E-state index contributed by atoms with van der Waals surface area (Å²) in [5.41, 5.74) is -0.436. The van der Waals surface area contributed by atoms with E-state index in [0.29, 0.717) is 26.3 Å². The third-order valence-electron chi connectivity index (χ3n) is 2.66. The molecule has 8 nitrogen and oxygen atoms in total. The van der Waals surface area contributed by atoms with Crippen LogP contribution in [-0.2, 0) is 4.74 Å². The molecule has 0 fully saturated rings. The minimum Gasteiger partial charge on any atom is -0.477 e. The van der Waals surface area contributed by atoms with Crippen molar-refractivity contribution in [1.29, 1.82) is 0 Å². The first-order valence-electron chi connectivity index (χ1n) is 6.22. The molecule has 0 atom stereocenters. The highest BCUT2D eigenvalue weighted by Gasteiger charge is 2.22. The van der Waals surface area contributed by atoms with Gasteiger partial charge in [0.15, 0.2) is 5.69 Å². The number of carboxylic acid groups (broad SMARTS) is 1. The fourth-order valence-electron chi connectivity index (χ4n) is 1.67. The Morgan fingerprint density at radius 1 is 1.50 bits per heavy atom. The van der Waals surface area contributed by atoms with Crippen molar-refractivity contribution in [3.05, 3.63) is 27.9 Å². The molecule has 0 aliphatic carbocycles. The van der Waals surface area contributed by atoms with Crippen molar-refractivity contribution in [3.63, 3.8) is 0 Å². The van der Waals surface area contributed by atoms with Gasteiger partial charge in [-0.2, -0.15) is 0 Å². The predicted octanol–water partition coefficient (Wildman–Crippen LogP) is 1.55. The van der Waals surface area contributed by atoms with E-state index in [4.69, 9.17) is 9.84 Å². The van der Waals surface area contributed by atoms with Crippen LogP contribution in [0.5, 0.6) is 0 Å². The number of pyridine rings is 1. The number of nitro groups is 1. The molecule has 1 heterocycles. The molecule has 0 unspecified atom stereocenters. The van der Waals surface area contributed by atoms with Crippen LogP contribution in [0, 0.1) is 10.1 Å². The van der Waals surface area contributed by atoms with Crippen molar-refractivity contribution in [2.24, 2.45) is 0 Å². The largest absolute Gasteiger partial charge is 0.477 e. The highest BCUT2D eigenvalue weighted by atomic mass is 16.6. The van der Waals surface area contributed by atoms with Crippen molar-refractivity contribution in [2.45, 2.75) is 13.8 Å². The average molecular weight is 283 g/mol. The number of aromatic carboxylic acids is 1. The maximum absolute atomic E-state index is 11.0. The van der Waals surface area contributed by atoms with Crippen LogP contribution in [0.25, 0.3) is 0 Å². The van der Waals surface area contributed by atoms with E-state index in [1.807, 2.05) is 13.8 Å². The molecule has 0 saturated heterocycles. The first-order chi connectivity index (χ1) is 9.51. The average Bonchev–Trinajstić information content (AvgIpc) is 2.43. The summed E-state index contributed by atoms with van der Waals surface area (Å²) in [6, 6.07) is 2.29. The zero-order chi connectivity index (χ0) is 15.1. The number of anilines is 1. The number of aromatic nitrogens is 1.